The van der Waals surface area contributed by atoms with E-state index in [0.717, 1.165) is 29.3 Å². The molecule has 4 nitrogen and oxygen atoms in total. The van der Waals surface area contributed by atoms with Crippen molar-refractivity contribution >= 4 is 39.3 Å². The minimum Gasteiger partial charge on any atom is -0.341 e. The molecule has 27 heavy (non-hydrogen) atoms. The van der Waals surface area contributed by atoms with Gasteiger partial charge >= 0.3 is 0 Å². The number of hydrogen-bond acceptors (Lipinski definition) is 2. The third-order valence-corrected chi connectivity index (χ3v) is 6.80. The van der Waals surface area contributed by atoms with E-state index in [1.54, 1.807) is 0 Å². The second kappa shape index (κ2) is 5.10. The summed E-state index contributed by atoms with van der Waals surface area (Å²) in [6, 6.07) is 14.3. The third kappa shape index (κ3) is 1.78. The number of anilines is 1. The lowest BCUT2D eigenvalue weighted by Gasteiger charge is -2.17. The van der Waals surface area contributed by atoms with Crippen molar-refractivity contribution in [2.24, 2.45) is 23.7 Å². The predicted molar refractivity (Wildman–Crippen MR) is 105 cm³/mol. The van der Waals surface area contributed by atoms with Gasteiger partial charge in [-0.25, -0.2) is 4.90 Å². The van der Waals surface area contributed by atoms with E-state index in [1.165, 1.54) is 10.4 Å². The first-order chi connectivity index (χ1) is 13.2. The highest BCUT2D eigenvalue weighted by molar-refractivity contribution is 6.23. The minimum atomic E-state index is -0.153. The van der Waals surface area contributed by atoms with Crippen LogP contribution >= 0.6 is 0 Å². The van der Waals surface area contributed by atoms with Gasteiger partial charge in [-0.3, -0.25) is 9.59 Å². The molecule has 2 aromatic carbocycles. The predicted octanol–water partition coefficient (Wildman–Crippen LogP) is 4.13. The SMILES string of the molecule is CCn1c2ccccc2c2cc(N3C(=O)[C@@H]4C5C=CC(C5)[C@@H]4C3=O)ccc21. The first-order valence-electron chi connectivity index (χ1n) is 9.76. The quantitative estimate of drug-likeness (QED) is 0.512. The lowest BCUT2D eigenvalue weighted by molar-refractivity contribution is -0.123. The van der Waals surface area contributed by atoms with Crippen molar-refractivity contribution in [2.45, 2.75) is 19.9 Å². The van der Waals surface area contributed by atoms with Crippen LogP contribution in [0.3, 0.4) is 0 Å². The normalized spacial score (nSPS) is 28.9. The van der Waals surface area contributed by atoms with E-state index in [9.17, 15) is 9.59 Å². The first kappa shape index (κ1) is 15.2. The molecule has 3 aromatic rings. The van der Waals surface area contributed by atoms with Crippen LogP contribution in [0.2, 0.25) is 0 Å². The number of carbonyl (C=O) groups excluding carboxylic acids is 2. The maximum absolute atomic E-state index is 13.1. The van der Waals surface area contributed by atoms with Crippen molar-refractivity contribution in [3.05, 3.63) is 54.6 Å². The highest BCUT2D eigenvalue weighted by Crippen LogP contribution is 2.53. The molecule has 3 aliphatic rings. The van der Waals surface area contributed by atoms with Gasteiger partial charge in [0.15, 0.2) is 0 Å². The summed E-state index contributed by atoms with van der Waals surface area (Å²) >= 11 is 0. The Labute approximate surface area is 157 Å². The van der Waals surface area contributed by atoms with Gasteiger partial charge < -0.3 is 4.57 Å². The topological polar surface area (TPSA) is 42.3 Å². The van der Waals surface area contributed by atoms with Gasteiger partial charge in [-0.2, -0.15) is 0 Å². The second-order valence-corrected chi connectivity index (χ2v) is 7.97. The number of rotatable bonds is 2. The molecule has 1 saturated heterocycles. The second-order valence-electron chi connectivity index (χ2n) is 7.97. The molecule has 4 heteroatoms. The molecule has 2 unspecified atom stereocenters. The van der Waals surface area contributed by atoms with E-state index in [4.69, 9.17) is 0 Å². The first-order valence-corrected chi connectivity index (χ1v) is 9.76. The largest absolute Gasteiger partial charge is 0.341 e. The smallest absolute Gasteiger partial charge is 0.238 e. The number of carbonyl (C=O) groups is 2. The fourth-order valence-corrected chi connectivity index (χ4v) is 5.68. The van der Waals surface area contributed by atoms with Crippen molar-refractivity contribution in [1.29, 1.82) is 0 Å². The standard InChI is InChI=1S/C23H20N2O2/c1-2-24-18-6-4-3-5-16(18)17-12-15(9-10-19(17)24)25-22(26)20-13-7-8-14(11-13)21(20)23(25)27/h3-10,12-14,20-21H,2,11H2,1H3/t13?,14?,20-,21+. The Kier molecular flexibility index (Phi) is 2.87. The van der Waals surface area contributed by atoms with Crippen LogP contribution in [0.15, 0.2) is 54.6 Å². The number of nitrogens with zero attached hydrogens (tertiary/aromatic N) is 2. The average Bonchev–Trinajstić information content (AvgIpc) is 3.43. The lowest BCUT2D eigenvalue weighted by atomic mass is 9.85. The zero-order chi connectivity index (χ0) is 18.3. The van der Waals surface area contributed by atoms with E-state index in [-0.39, 0.29) is 35.5 Å². The number of benzene rings is 2. The van der Waals surface area contributed by atoms with Crippen molar-refractivity contribution in [3.8, 4) is 0 Å². The average molecular weight is 356 g/mol. The summed E-state index contributed by atoms with van der Waals surface area (Å²) in [5, 5.41) is 2.26. The number of hydrogen-bond donors (Lipinski definition) is 0. The molecule has 4 atom stereocenters. The Hall–Kier alpha value is -2.88. The molecular weight excluding hydrogens is 336 g/mol. The van der Waals surface area contributed by atoms with Gasteiger partial charge in [0.1, 0.15) is 0 Å². The van der Waals surface area contributed by atoms with E-state index in [0.29, 0.717) is 5.69 Å². The van der Waals surface area contributed by atoms with Gasteiger partial charge in [0.05, 0.1) is 17.5 Å². The summed E-state index contributed by atoms with van der Waals surface area (Å²) < 4.78 is 2.28. The number of aryl methyl sites for hydroxylation is 1. The Bertz CT molecular complexity index is 1140. The fraction of sp³-hybridized carbons (Fsp3) is 0.304. The van der Waals surface area contributed by atoms with Crippen LogP contribution in [-0.4, -0.2) is 16.4 Å². The number of imide groups is 1. The summed E-state index contributed by atoms with van der Waals surface area (Å²) in [5.74, 6) is 0.153. The summed E-state index contributed by atoms with van der Waals surface area (Å²) in [6.07, 6.45) is 5.24. The van der Waals surface area contributed by atoms with Crippen LogP contribution in [0, 0.1) is 23.7 Å². The Morgan fingerprint density at radius 1 is 0.889 bits per heavy atom. The van der Waals surface area contributed by atoms with Crippen LogP contribution < -0.4 is 4.90 Å². The molecule has 2 fully saturated rings. The molecule has 2 heterocycles. The fourth-order valence-electron chi connectivity index (χ4n) is 5.68. The van der Waals surface area contributed by atoms with Gasteiger partial charge in [0.25, 0.3) is 0 Å². The molecule has 0 spiro atoms. The molecule has 1 aromatic heterocycles. The van der Waals surface area contributed by atoms with Gasteiger partial charge in [-0.15, -0.1) is 0 Å². The molecule has 0 radical (unpaired) electrons. The van der Waals surface area contributed by atoms with Crippen molar-refractivity contribution in [2.75, 3.05) is 4.90 Å². The number of aromatic nitrogens is 1. The van der Waals surface area contributed by atoms with Crippen LogP contribution in [0.4, 0.5) is 5.69 Å². The lowest BCUT2D eigenvalue weighted by Crippen LogP contribution is -2.32. The third-order valence-electron chi connectivity index (χ3n) is 6.80. The highest BCUT2D eigenvalue weighted by atomic mass is 16.2. The monoisotopic (exact) mass is 356 g/mol. The molecule has 2 amide bonds. The van der Waals surface area contributed by atoms with Crippen LogP contribution in [0.25, 0.3) is 21.8 Å². The van der Waals surface area contributed by atoms with Crippen molar-refractivity contribution < 1.29 is 9.59 Å². The molecule has 2 aliphatic carbocycles. The zero-order valence-corrected chi connectivity index (χ0v) is 15.1. The van der Waals surface area contributed by atoms with Gasteiger partial charge in [0.2, 0.25) is 11.8 Å². The number of para-hydroxylation sites is 1. The molecular formula is C23H20N2O2. The number of amides is 2. The minimum absolute atomic E-state index is 0.0135. The highest BCUT2D eigenvalue weighted by Gasteiger charge is 2.59. The molecule has 6 rings (SSSR count). The van der Waals surface area contributed by atoms with Crippen LogP contribution in [-0.2, 0) is 16.1 Å². The van der Waals surface area contributed by atoms with Crippen molar-refractivity contribution in [1.82, 2.24) is 4.57 Å². The van der Waals surface area contributed by atoms with Crippen molar-refractivity contribution in [3.63, 3.8) is 0 Å². The maximum atomic E-state index is 13.1. The number of allylic oxidation sites excluding steroid dienone is 2. The van der Waals surface area contributed by atoms with E-state index in [1.807, 2.05) is 24.3 Å². The molecule has 134 valence electrons. The van der Waals surface area contributed by atoms with Gasteiger partial charge in [0, 0.05) is 28.4 Å². The summed E-state index contributed by atoms with van der Waals surface area (Å²) in [4.78, 5) is 27.7. The zero-order valence-electron chi connectivity index (χ0n) is 15.1. The van der Waals surface area contributed by atoms with Gasteiger partial charge in [-0.1, -0.05) is 30.4 Å². The number of fused-ring (bicyclic) bond motifs is 8. The van der Waals surface area contributed by atoms with E-state index in [2.05, 4.69) is 41.8 Å². The Balaban J connectivity index is 1.52. The Morgan fingerprint density at radius 3 is 2.26 bits per heavy atom. The van der Waals surface area contributed by atoms with Crippen LogP contribution in [0.1, 0.15) is 13.3 Å². The summed E-state index contributed by atoms with van der Waals surface area (Å²) in [7, 11) is 0. The van der Waals surface area contributed by atoms with E-state index < -0.39 is 0 Å². The summed E-state index contributed by atoms with van der Waals surface area (Å²) in [6.45, 7) is 3.02. The molecule has 0 N–H and O–H groups in total. The van der Waals surface area contributed by atoms with Gasteiger partial charge in [-0.05, 0) is 49.4 Å². The van der Waals surface area contributed by atoms with Crippen LogP contribution in [0.5, 0.6) is 0 Å². The molecule has 2 bridgehead atoms. The maximum Gasteiger partial charge on any atom is 0.238 e. The summed E-state index contributed by atoms with van der Waals surface area (Å²) in [5.41, 5.74) is 3.04. The van der Waals surface area contributed by atoms with E-state index >= 15 is 0 Å². The molecule has 1 aliphatic heterocycles. The Morgan fingerprint density at radius 2 is 1.56 bits per heavy atom. The molecule has 1 saturated carbocycles.